The molecule has 0 heterocycles. The number of halogens is 1. The van der Waals surface area contributed by atoms with E-state index in [4.69, 9.17) is 0 Å². The molecule has 0 radical (unpaired) electrons. The van der Waals surface area contributed by atoms with Crippen LogP contribution in [0.2, 0.25) is 0 Å². The van der Waals surface area contributed by atoms with E-state index in [0.717, 1.165) is 37.3 Å². The zero-order valence-electron chi connectivity index (χ0n) is 22.1. The summed E-state index contributed by atoms with van der Waals surface area (Å²) < 4.78 is 27.7. The van der Waals surface area contributed by atoms with Gasteiger partial charge in [0.1, 0.15) is 12.6 Å². The molecule has 0 fully saturated rings. The molecule has 0 aliphatic heterocycles. The predicted octanol–water partition coefficient (Wildman–Crippen LogP) is 4.61. The number of carbonyl (C=O) groups excluding carboxylic acids is 2. The van der Waals surface area contributed by atoms with Gasteiger partial charge in [0, 0.05) is 24.0 Å². The Hall–Kier alpha value is -3.17. The van der Waals surface area contributed by atoms with Crippen LogP contribution >= 0.6 is 15.9 Å². The maximum atomic E-state index is 14.0. The van der Waals surface area contributed by atoms with E-state index in [1.54, 1.807) is 12.1 Å². The largest absolute Gasteiger partial charge is 0.355 e. The Morgan fingerprint density at radius 3 is 2.13 bits per heavy atom. The van der Waals surface area contributed by atoms with Crippen molar-refractivity contribution in [2.24, 2.45) is 0 Å². The van der Waals surface area contributed by atoms with Crippen LogP contribution in [0.3, 0.4) is 0 Å². The summed E-state index contributed by atoms with van der Waals surface area (Å²) in [4.78, 5) is 28.8. The van der Waals surface area contributed by atoms with Gasteiger partial charge in [-0.2, -0.15) is 0 Å². The van der Waals surface area contributed by atoms with Crippen LogP contribution in [0.4, 0.5) is 5.69 Å². The number of carbonyl (C=O) groups is 2. The van der Waals surface area contributed by atoms with Crippen LogP contribution in [0.5, 0.6) is 0 Å². The average Bonchev–Trinajstić information content (AvgIpc) is 2.84. The highest BCUT2D eigenvalue weighted by Gasteiger charge is 2.33. The molecule has 2 amide bonds. The Morgan fingerprint density at radius 2 is 1.55 bits per heavy atom. The second kappa shape index (κ2) is 13.1. The van der Waals surface area contributed by atoms with Crippen LogP contribution in [0.25, 0.3) is 0 Å². The van der Waals surface area contributed by atoms with Gasteiger partial charge >= 0.3 is 0 Å². The number of nitrogens with zero attached hydrogens (tertiary/aromatic N) is 2. The molecule has 0 aromatic heterocycles. The molecule has 1 N–H and O–H groups in total. The second-order valence-electron chi connectivity index (χ2n) is 9.37. The van der Waals surface area contributed by atoms with Crippen LogP contribution in [-0.4, -0.2) is 50.5 Å². The lowest BCUT2D eigenvalue weighted by molar-refractivity contribution is -0.140. The molecule has 0 saturated carbocycles. The molecule has 38 heavy (non-hydrogen) atoms. The lowest BCUT2D eigenvalue weighted by Crippen LogP contribution is -2.53. The van der Waals surface area contributed by atoms with Crippen molar-refractivity contribution >= 4 is 43.5 Å². The van der Waals surface area contributed by atoms with Gasteiger partial charge < -0.3 is 10.2 Å². The number of benzene rings is 3. The summed E-state index contributed by atoms with van der Waals surface area (Å²) in [5, 5.41) is 2.85. The van der Waals surface area contributed by atoms with E-state index in [2.05, 4.69) is 21.2 Å². The van der Waals surface area contributed by atoms with Gasteiger partial charge in [-0.3, -0.25) is 13.9 Å². The Kier molecular flexibility index (Phi) is 10.1. The smallest absolute Gasteiger partial charge is 0.244 e. The first kappa shape index (κ1) is 29.4. The molecule has 0 aliphatic rings. The fraction of sp³-hybridized carbons (Fsp3) is 0.310. The summed E-state index contributed by atoms with van der Waals surface area (Å²) in [5.74, 6) is -0.765. The number of anilines is 1. The molecule has 0 saturated heterocycles. The van der Waals surface area contributed by atoms with Crippen molar-refractivity contribution in [3.8, 4) is 0 Å². The first-order chi connectivity index (χ1) is 18.0. The number of sulfonamides is 1. The second-order valence-corrected chi connectivity index (χ2v) is 12.2. The Balaban J connectivity index is 2.06. The van der Waals surface area contributed by atoms with Gasteiger partial charge in [0.2, 0.25) is 21.8 Å². The molecule has 7 nitrogen and oxygen atoms in total. The molecule has 0 spiro atoms. The third kappa shape index (κ3) is 8.16. The Morgan fingerprint density at radius 1 is 0.921 bits per heavy atom. The summed E-state index contributed by atoms with van der Waals surface area (Å²) in [5.41, 5.74) is 3.89. The van der Waals surface area contributed by atoms with Crippen LogP contribution in [0.15, 0.2) is 77.3 Å². The van der Waals surface area contributed by atoms with E-state index >= 15 is 0 Å². The van der Waals surface area contributed by atoms with Crippen LogP contribution < -0.4 is 9.62 Å². The van der Waals surface area contributed by atoms with Crippen molar-refractivity contribution in [1.82, 2.24) is 10.2 Å². The quantitative estimate of drug-likeness (QED) is 0.349. The summed E-state index contributed by atoms with van der Waals surface area (Å²) in [6.07, 6.45) is 1.37. The molecule has 0 bridgehead atoms. The molecule has 9 heteroatoms. The number of hydrogen-bond donors (Lipinski definition) is 1. The van der Waals surface area contributed by atoms with Crippen molar-refractivity contribution in [1.29, 1.82) is 0 Å². The molecule has 1 atom stereocenters. The minimum atomic E-state index is -3.80. The van der Waals surface area contributed by atoms with E-state index in [9.17, 15) is 18.0 Å². The van der Waals surface area contributed by atoms with Gasteiger partial charge in [0.15, 0.2) is 0 Å². The van der Waals surface area contributed by atoms with Gasteiger partial charge in [-0.15, -0.1) is 0 Å². The van der Waals surface area contributed by atoms with Crippen molar-refractivity contribution in [3.63, 3.8) is 0 Å². The number of rotatable bonds is 11. The monoisotopic (exact) mass is 599 g/mol. The van der Waals surface area contributed by atoms with E-state index in [1.165, 1.54) is 4.90 Å². The first-order valence-electron chi connectivity index (χ1n) is 12.4. The summed E-state index contributed by atoms with van der Waals surface area (Å²) in [7, 11) is -3.80. The van der Waals surface area contributed by atoms with E-state index in [1.807, 2.05) is 81.4 Å². The minimum Gasteiger partial charge on any atom is -0.355 e. The van der Waals surface area contributed by atoms with E-state index in [-0.39, 0.29) is 18.9 Å². The summed E-state index contributed by atoms with van der Waals surface area (Å²) >= 11 is 3.47. The fourth-order valence-electron chi connectivity index (χ4n) is 4.39. The lowest BCUT2D eigenvalue weighted by atomic mass is 10.0. The van der Waals surface area contributed by atoms with Crippen molar-refractivity contribution in [2.75, 3.05) is 23.7 Å². The average molecular weight is 601 g/mol. The highest BCUT2D eigenvalue weighted by molar-refractivity contribution is 9.10. The molecule has 0 aliphatic carbocycles. The molecular weight excluding hydrogens is 566 g/mol. The van der Waals surface area contributed by atoms with Gasteiger partial charge in [-0.05, 0) is 67.3 Å². The molecule has 202 valence electrons. The number of likely N-dealkylation sites (N-methyl/N-ethyl adjacent to an activating group) is 1. The minimum absolute atomic E-state index is 0.136. The topological polar surface area (TPSA) is 86.8 Å². The molecular formula is C29H34BrN3O4S. The standard InChI is InChI=1S/C29H34BrN3O4S/c1-5-31-29(35)27(18-23-10-7-6-8-11-23)32(19-24-12-9-13-25(30)17-24)28(34)20-33(38(4,36)37)26-15-21(2)14-22(3)16-26/h6-17,27H,5,18-20H2,1-4H3,(H,31,35)/t27-/m1/s1. The normalized spacial score (nSPS) is 12.0. The van der Waals surface area contributed by atoms with Gasteiger partial charge in [-0.1, -0.05) is 64.5 Å². The Bertz CT molecular complexity index is 1360. The highest BCUT2D eigenvalue weighted by Crippen LogP contribution is 2.23. The van der Waals surface area contributed by atoms with Crippen LogP contribution in [0, 0.1) is 13.8 Å². The van der Waals surface area contributed by atoms with Gasteiger partial charge in [0.25, 0.3) is 0 Å². The van der Waals surface area contributed by atoms with Crippen LogP contribution in [-0.2, 0) is 32.6 Å². The van der Waals surface area contributed by atoms with E-state index in [0.29, 0.717) is 12.2 Å². The number of hydrogen-bond acceptors (Lipinski definition) is 4. The third-order valence-electron chi connectivity index (χ3n) is 6.04. The van der Waals surface area contributed by atoms with Crippen molar-refractivity contribution < 1.29 is 18.0 Å². The third-order valence-corrected chi connectivity index (χ3v) is 7.67. The predicted molar refractivity (Wildman–Crippen MR) is 155 cm³/mol. The Labute approximate surface area is 234 Å². The molecule has 0 unspecified atom stereocenters. The molecule has 3 aromatic rings. The number of amides is 2. The lowest BCUT2D eigenvalue weighted by Gasteiger charge is -2.33. The molecule has 3 rings (SSSR count). The number of aryl methyl sites for hydroxylation is 2. The van der Waals surface area contributed by atoms with Gasteiger partial charge in [-0.25, -0.2) is 8.42 Å². The summed E-state index contributed by atoms with van der Waals surface area (Å²) in [6.45, 7) is 5.69. The number of nitrogens with one attached hydrogen (secondary N) is 1. The van der Waals surface area contributed by atoms with Gasteiger partial charge in [0.05, 0.1) is 11.9 Å². The fourth-order valence-corrected chi connectivity index (χ4v) is 5.67. The maximum absolute atomic E-state index is 14.0. The first-order valence-corrected chi connectivity index (χ1v) is 15.0. The van der Waals surface area contributed by atoms with E-state index < -0.39 is 28.5 Å². The zero-order chi connectivity index (χ0) is 27.9. The SMILES string of the molecule is CCNC(=O)[C@@H](Cc1ccccc1)N(Cc1cccc(Br)c1)C(=O)CN(c1cc(C)cc(C)c1)S(C)(=O)=O. The zero-order valence-corrected chi connectivity index (χ0v) is 24.6. The molecule has 3 aromatic carbocycles. The highest BCUT2D eigenvalue weighted by atomic mass is 79.9. The van der Waals surface area contributed by atoms with Crippen LogP contribution in [0.1, 0.15) is 29.2 Å². The summed E-state index contributed by atoms with van der Waals surface area (Å²) in [6, 6.07) is 21.6. The van der Waals surface area contributed by atoms with Crippen molar-refractivity contribution in [3.05, 3.63) is 99.5 Å². The van der Waals surface area contributed by atoms with Crippen molar-refractivity contribution in [2.45, 2.75) is 39.8 Å². The maximum Gasteiger partial charge on any atom is 0.244 e.